The minimum atomic E-state index is -0.801. The lowest BCUT2D eigenvalue weighted by Crippen LogP contribution is -2.17. The largest absolute Gasteiger partial charge is 0.481 e. The third kappa shape index (κ3) is 15.9. The van der Waals surface area contributed by atoms with Gasteiger partial charge in [0.2, 0.25) is 0 Å². The molecule has 0 radical (unpaired) electrons. The van der Waals surface area contributed by atoms with Crippen molar-refractivity contribution in [3.63, 3.8) is 0 Å². The molecule has 0 aromatic heterocycles. The molecule has 2 atom stereocenters. The summed E-state index contributed by atoms with van der Waals surface area (Å²) >= 11 is 0. The third-order valence-corrected chi connectivity index (χ3v) is 5.76. The molecule has 0 saturated carbocycles. The molecule has 182 valence electrons. The third-order valence-electron chi connectivity index (χ3n) is 5.76. The molecule has 0 aliphatic heterocycles. The molecular formula is C27H44O5. The van der Waals surface area contributed by atoms with Crippen LogP contribution >= 0.6 is 0 Å². The summed E-state index contributed by atoms with van der Waals surface area (Å²) < 4.78 is 11.6. The summed E-state index contributed by atoms with van der Waals surface area (Å²) in [5.41, 5.74) is 1.23. The average Bonchev–Trinajstić information content (AvgIpc) is 2.76. The monoisotopic (exact) mass is 448 g/mol. The lowest BCUT2D eigenvalue weighted by Gasteiger charge is -2.19. The maximum atomic E-state index is 11.3. The first kappa shape index (κ1) is 28.2. The SMILES string of the molecule is CCCCCCC(CCCCCCC(CCCC(=O)O)OC(C)=O)OCc1ccccc1. The second kappa shape index (κ2) is 18.7. The summed E-state index contributed by atoms with van der Waals surface area (Å²) in [7, 11) is 0. The topological polar surface area (TPSA) is 72.8 Å². The van der Waals surface area contributed by atoms with E-state index in [1.807, 2.05) is 6.07 Å². The first-order valence-electron chi connectivity index (χ1n) is 12.6. The molecule has 1 aromatic carbocycles. The van der Waals surface area contributed by atoms with Crippen molar-refractivity contribution in [3.8, 4) is 0 Å². The number of hydrogen-bond donors (Lipinski definition) is 1. The molecule has 0 aliphatic rings. The summed E-state index contributed by atoms with van der Waals surface area (Å²) in [5, 5.41) is 8.79. The minimum absolute atomic E-state index is 0.125. The van der Waals surface area contributed by atoms with Crippen molar-refractivity contribution in [2.75, 3.05) is 0 Å². The summed E-state index contributed by atoms with van der Waals surface area (Å²) in [6.07, 6.45) is 13.9. The number of carboxylic acids is 1. The van der Waals surface area contributed by atoms with Crippen LogP contribution in [0.3, 0.4) is 0 Å². The van der Waals surface area contributed by atoms with Gasteiger partial charge in [0.05, 0.1) is 12.7 Å². The van der Waals surface area contributed by atoms with E-state index in [0.29, 0.717) is 25.6 Å². The maximum Gasteiger partial charge on any atom is 0.303 e. The van der Waals surface area contributed by atoms with Crippen LogP contribution in [-0.2, 0) is 25.7 Å². The van der Waals surface area contributed by atoms with E-state index in [1.54, 1.807) is 0 Å². The Balaban J connectivity index is 2.29. The molecule has 0 fully saturated rings. The van der Waals surface area contributed by atoms with Crippen molar-refractivity contribution < 1.29 is 24.2 Å². The van der Waals surface area contributed by atoms with Crippen LogP contribution in [0.4, 0.5) is 0 Å². The van der Waals surface area contributed by atoms with Crippen molar-refractivity contribution in [3.05, 3.63) is 35.9 Å². The number of hydrogen-bond acceptors (Lipinski definition) is 4. The van der Waals surface area contributed by atoms with Crippen LogP contribution in [0.1, 0.15) is 109 Å². The van der Waals surface area contributed by atoms with Gasteiger partial charge in [0.25, 0.3) is 0 Å². The van der Waals surface area contributed by atoms with Gasteiger partial charge in [-0.3, -0.25) is 9.59 Å². The van der Waals surface area contributed by atoms with Crippen molar-refractivity contribution in [1.82, 2.24) is 0 Å². The normalized spacial score (nSPS) is 12.9. The first-order chi connectivity index (χ1) is 15.5. The van der Waals surface area contributed by atoms with Crippen LogP contribution in [-0.4, -0.2) is 29.3 Å². The van der Waals surface area contributed by atoms with Crippen molar-refractivity contribution >= 4 is 11.9 Å². The van der Waals surface area contributed by atoms with E-state index >= 15 is 0 Å². The quantitative estimate of drug-likeness (QED) is 0.171. The van der Waals surface area contributed by atoms with Crippen molar-refractivity contribution in [1.29, 1.82) is 0 Å². The van der Waals surface area contributed by atoms with Crippen molar-refractivity contribution in [2.45, 2.75) is 123 Å². The molecule has 1 aromatic rings. The molecule has 0 bridgehead atoms. The van der Waals surface area contributed by atoms with Gasteiger partial charge >= 0.3 is 11.9 Å². The Morgan fingerprint density at radius 1 is 0.812 bits per heavy atom. The molecule has 0 amide bonds. The Bertz CT molecular complexity index is 601. The summed E-state index contributed by atoms with van der Waals surface area (Å²) in [5.74, 6) is -1.09. The van der Waals surface area contributed by atoms with Gasteiger partial charge in [0.1, 0.15) is 6.10 Å². The van der Waals surface area contributed by atoms with E-state index in [2.05, 4.69) is 31.2 Å². The number of unbranched alkanes of at least 4 members (excludes halogenated alkanes) is 6. The van der Waals surface area contributed by atoms with Gasteiger partial charge in [0, 0.05) is 13.3 Å². The van der Waals surface area contributed by atoms with Gasteiger partial charge < -0.3 is 14.6 Å². The molecular weight excluding hydrogens is 404 g/mol. The smallest absolute Gasteiger partial charge is 0.303 e. The van der Waals surface area contributed by atoms with E-state index in [4.69, 9.17) is 14.6 Å². The van der Waals surface area contributed by atoms with Gasteiger partial charge in [-0.2, -0.15) is 0 Å². The first-order valence-corrected chi connectivity index (χ1v) is 12.6. The summed E-state index contributed by atoms with van der Waals surface area (Å²) in [6.45, 7) is 4.33. The van der Waals surface area contributed by atoms with Gasteiger partial charge in [-0.05, 0) is 44.1 Å². The van der Waals surface area contributed by atoms with Crippen LogP contribution in [0.15, 0.2) is 30.3 Å². The number of ether oxygens (including phenoxy) is 2. The Kier molecular flexibility index (Phi) is 16.4. The standard InChI is InChI=1S/C27H44O5/c1-3-4-5-11-17-25(31-22-24-15-9-8-10-16-24)18-12-6-7-13-19-26(32-23(2)28)20-14-21-27(29)30/h8-10,15-16,25-26H,3-7,11-14,17-22H2,1-2H3,(H,29,30). The fourth-order valence-corrected chi connectivity index (χ4v) is 3.97. The van der Waals surface area contributed by atoms with Crippen LogP contribution in [0.2, 0.25) is 0 Å². The lowest BCUT2D eigenvalue weighted by molar-refractivity contribution is -0.147. The predicted octanol–water partition coefficient (Wildman–Crippen LogP) is 7.07. The van der Waals surface area contributed by atoms with Crippen LogP contribution in [0.25, 0.3) is 0 Å². The van der Waals surface area contributed by atoms with Crippen LogP contribution in [0.5, 0.6) is 0 Å². The molecule has 2 unspecified atom stereocenters. The average molecular weight is 449 g/mol. The number of esters is 1. The predicted molar refractivity (Wildman–Crippen MR) is 129 cm³/mol. The lowest BCUT2D eigenvalue weighted by atomic mass is 10.0. The molecule has 5 nitrogen and oxygen atoms in total. The zero-order valence-electron chi connectivity index (χ0n) is 20.2. The molecule has 5 heteroatoms. The van der Waals surface area contributed by atoms with Crippen LogP contribution < -0.4 is 0 Å². The number of benzene rings is 1. The van der Waals surface area contributed by atoms with Gasteiger partial charge in [-0.15, -0.1) is 0 Å². The van der Waals surface area contributed by atoms with Gasteiger partial charge in [0.15, 0.2) is 0 Å². The van der Waals surface area contributed by atoms with E-state index < -0.39 is 5.97 Å². The Morgan fingerprint density at radius 2 is 1.38 bits per heavy atom. The van der Waals surface area contributed by atoms with Crippen LogP contribution in [0, 0.1) is 0 Å². The van der Waals surface area contributed by atoms with E-state index in [1.165, 1.54) is 38.2 Å². The molecule has 0 heterocycles. The highest BCUT2D eigenvalue weighted by molar-refractivity contribution is 5.67. The molecule has 0 saturated heterocycles. The van der Waals surface area contributed by atoms with Gasteiger partial charge in [-0.25, -0.2) is 0 Å². The Labute approximate surface area is 194 Å². The maximum absolute atomic E-state index is 11.3. The highest BCUT2D eigenvalue weighted by atomic mass is 16.5. The number of aliphatic carboxylic acids is 1. The molecule has 1 rings (SSSR count). The fraction of sp³-hybridized carbons (Fsp3) is 0.704. The summed E-state index contributed by atoms with van der Waals surface area (Å²) in [6, 6.07) is 10.4. The van der Waals surface area contributed by atoms with Gasteiger partial charge in [-0.1, -0.05) is 82.2 Å². The molecule has 0 spiro atoms. The highest BCUT2D eigenvalue weighted by Crippen LogP contribution is 2.19. The number of rotatable bonds is 20. The molecule has 1 N–H and O–H groups in total. The zero-order valence-corrected chi connectivity index (χ0v) is 20.2. The molecule has 32 heavy (non-hydrogen) atoms. The van der Waals surface area contributed by atoms with E-state index in [0.717, 1.165) is 44.9 Å². The highest BCUT2D eigenvalue weighted by Gasteiger charge is 2.13. The Morgan fingerprint density at radius 3 is 1.94 bits per heavy atom. The van der Waals surface area contributed by atoms with E-state index in [-0.39, 0.29) is 18.5 Å². The van der Waals surface area contributed by atoms with Crippen molar-refractivity contribution in [2.24, 2.45) is 0 Å². The Hall–Kier alpha value is -1.88. The number of carbonyl (C=O) groups is 2. The fourth-order valence-electron chi connectivity index (χ4n) is 3.97. The van der Waals surface area contributed by atoms with E-state index in [9.17, 15) is 9.59 Å². The number of carboxylic acid groups (broad SMARTS) is 1. The second-order valence-corrected chi connectivity index (χ2v) is 8.78. The number of carbonyl (C=O) groups excluding carboxylic acids is 1. The zero-order chi connectivity index (χ0) is 23.4. The second-order valence-electron chi connectivity index (χ2n) is 8.78. The molecule has 0 aliphatic carbocycles. The summed E-state index contributed by atoms with van der Waals surface area (Å²) in [4.78, 5) is 22.0. The minimum Gasteiger partial charge on any atom is -0.481 e.